The Morgan fingerprint density at radius 2 is 1.73 bits per heavy atom. The molecule has 162 valence electrons. The van der Waals surface area contributed by atoms with E-state index in [1.807, 2.05) is 79.7 Å². The molecule has 0 saturated heterocycles. The van der Waals surface area contributed by atoms with E-state index in [4.69, 9.17) is 9.72 Å². The first-order valence-corrected chi connectivity index (χ1v) is 11.4. The van der Waals surface area contributed by atoms with Crippen LogP contribution in [0, 0.1) is 6.92 Å². The number of para-hydroxylation sites is 1. The number of pyridine rings is 1. The molecule has 33 heavy (non-hydrogen) atoms. The number of aromatic nitrogens is 2. The monoisotopic (exact) mass is 451 g/mol. The van der Waals surface area contributed by atoms with Gasteiger partial charge in [-0.05, 0) is 67.1 Å². The summed E-state index contributed by atoms with van der Waals surface area (Å²) in [6.07, 6.45) is 1.73. The first kappa shape index (κ1) is 20.8. The molecule has 6 heteroatoms. The predicted octanol–water partition coefficient (Wildman–Crippen LogP) is 6.64. The smallest absolute Gasteiger partial charge is 0.260 e. The van der Waals surface area contributed by atoms with Gasteiger partial charge in [-0.2, -0.15) is 0 Å². The number of nitrogens with zero attached hydrogens (tertiary/aromatic N) is 3. The Bertz CT molecular complexity index is 1400. The number of hydrogen-bond donors (Lipinski definition) is 0. The highest BCUT2D eigenvalue weighted by molar-refractivity contribution is 7.22. The second-order valence-corrected chi connectivity index (χ2v) is 8.63. The van der Waals surface area contributed by atoms with Gasteiger partial charge in [0.2, 0.25) is 0 Å². The second kappa shape index (κ2) is 9.22. The van der Waals surface area contributed by atoms with Crippen molar-refractivity contribution in [3.05, 3.63) is 114 Å². The molecular formula is C27H21N3O2S. The Hall–Kier alpha value is -4.03. The van der Waals surface area contributed by atoms with Crippen LogP contribution in [0.2, 0.25) is 0 Å². The first-order chi connectivity index (χ1) is 16.2. The summed E-state index contributed by atoms with van der Waals surface area (Å²) in [5, 5.41) is 0.639. The normalized spacial score (nSPS) is 10.8. The molecule has 5 nitrogen and oxygen atoms in total. The van der Waals surface area contributed by atoms with Crippen molar-refractivity contribution in [1.82, 2.24) is 9.97 Å². The number of ether oxygens (including phenoxy) is 1. The van der Waals surface area contributed by atoms with Crippen LogP contribution in [-0.2, 0) is 6.54 Å². The molecule has 0 aliphatic carbocycles. The number of fused-ring (bicyclic) bond motifs is 1. The maximum Gasteiger partial charge on any atom is 0.260 e. The van der Waals surface area contributed by atoms with Crippen LogP contribution in [0.1, 0.15) is 21.6 Å². The van der Waals surface area contributed by atoms with Gasteiger partial charge in [0.25, 0.3) is 5.91 Å². The Morgan fingerprint density at radius 1 is 0.909 bits per heavy atom. The summed E-state index contributed by atoms with van der Waals surface area (Å²) in [5.41, 5.74) is 3.35. The molecule has 0 bridgehead atoms. The molecule has 5 rings (SSSR count). The molecule has 0 aliphatic rings. The molecule has 0 unspecified atom stereocenters. The summed E-state index contributed by atoms with van der Waals surface area (Å²) in [5.74, 6) is 1.16. The number of hydrogen-bond acceptors (Lipinski definition) is 5. The lowest BCUT2D eigenvalue weighted by molar-refractivity contribution is 0.0984. The summed E-state index contributed by atoms with van der Waals surface area (Å²) in [4.78, 5) is 24.6. The van der Waals surface area contributed by atoms with Crippen molar-refractivity contribution in [2.24, 2.45) is 0 Å². The minimum atomic E-state index is -0.157. The number of carbonyl (C=O) groups excluding carboxylic acids is 1. The van der Waals surface area contributed by atoms with E-state index in [1.54, 1.807) is 23.2 Å². The van der Waals surface area contributed by atoms with Crippen molar-refractivity contribution >= 4 is 32.6 Å². The van der Waals surface area contributed by atoms with Gasteiger partial charge in [0.1, 0.15) is 11.5 Å². The average Bonchev–Trinajstić information content (AvgIpc) is 3.26. The fourth-order valence-electron chi connectivity index (χ4n) is 3.49. The van der Waals surface area contributed by atoms with Crippen LogP contribution in [0.25, 0.3) is 10.2 Å². The molecular weight excluding hydrogens is 430 g/mol. The standard InChI is InChI=1S/C27H21N3O2S/c1-19-13-14-24-25(16-19)33-27(29-24)30(18-21-9-5-6-15-28-21)26(31)20-8-7-12-23(17-20)32-22-10-3-2-4-11-22/h2-17H,18H2,1H3. The van der Waals surface area contributed by atoms with E-state index in [0.717, 1.165) is 21.5 Å². The molecule has 0 spiro atoms. The molecule has 0 aliphatic heterocycles. The molecule has 2 aromatic heterocycles. The summed E-state index contributed by atoms with van der Waals surface area (Å²) in [6.45, 7) is 2.37. The SMILES string of the molecule is Cc1ccc2nc(N(Cc3ccccn3)C(=O)c3cccc(Oc4ccccc4)c3)sc2c1. The fourth-order valence-corrected chi connectivity index (χ4v) is 4.55. The van der Waals surface area contributed by atoms with Crippen molar-refractivity contribution in [2.45, 2.75) is 13.5 Å². The summed E-state index contributed by atoms with van der Waals surface area (Å²) >= 11 is 1.50. The molecule has 0 atom stereocenters. The van der Waals surface area contributed by atoms with Crippen LogP contribution in [0.3, 0.4) is 0 Å². The van der Waals surface area contributed by atoms with Gasteiger partial charge >= 0.3 is 0 Å². The predicted molar refractivity (Wildman–Crippen MR) is 132 cm³/mol. The number of anilines is 1. The minimum Gasteiger partial charge on any atom is -0.457 e. The Balaban J connectivity index is 1.50. The zero-order valence-corrected chi connectivity index (χ0v) is 18.8. The molecule has 0 N–H and O–H groups in total. The van der Waals surface area contributed by atoms with Gasteiger partial charge in [-0.15, -0.1) is 0 Å². The van der Waals surface area contributed by atoms with Crippen LogP contribution in [-0.4, -0.2) is 15.9 Å². The minimum absolute atomic E-state index is 0.157. The van der Waals surface area contributed by atoms with Gasteiger partial charge < -0.3 is 4.74 Å². The number of amides is 1. The highest BCUT2D eigenvalue weighted by Gasteiger charge is 2.23. The van der Waals surface area contributed by atoms with Crippen molar-refractivity contribution in [2.75, 3.05) is 4.90 Å². The van der Waals surface area contributed by atoms with Gasteiger partial charge in [-0.1, -0.05) is 47.7 Å². The van der Waals surface area contributed by atoms with Gasteiger partial charge in [0.15, 0.2) is 5.13 Å². The second-order valence-electron chi connectivity index (χ2n) is 7.62. The molecule has 5 aromatic rings. The molecule has 2 heterocycles. The van der Waals surface area contributed by atoms with Crippen molar-refractivity contribution in [3.63, 3.8) is 0 Å². The quantitative estimate of drug-likeness (QED) is 0.290. The maximum atomic E-state index is 13.7. The molecule has 0 saturated carbocycles. The van der Waals surface area contributed by atoms with Crippen molar-refractivity contribution < 1.29 is 9.53 Å². The zero-order chi connectivity index (χ0) is 22.6. The van der Waals surface area contributed by atoms with E-state index in [1.165, 1.54) is 11.3 Å². The van der Waals surface area contributed by atoms with Gasteiger partial charge in [0, 0.05) is 11.8 Å². The van der Waals surface area contributed by atoms with Crippen LogP contribution in [0.15, 0.2) is 97.2 Å². The van der Waals surface area contributed by atoms with Crippen molar-refractivity contribution in [3.8, 4) is 11.5 Å². The Kier molecular flexibility index (Phi) is 5.83. The number of aryl methyl sites for hydroxylation is 1. The van der Waals surface area contributed by atoms with Crippen LogP contribution < -0.4 is 9.64 Å². The Morgan fingerprint density at radius 3 is 2.55 bits per heavy atom. The third-order valence-electron chi connectivity index (χ3n) is 5.11. The molecule has 0 radical (unpaired) electrons. The van der Waals surface area contributed by atoms with Gasteiger partial charge in [-0.3, -0.25) is 14.7 Å². The molecule has 0 fully saturated rings. The van der Waals surface area contributed by atoms with Gasteiger partial charge in [-0.25, -0.2) is 4.98 Å². The number of benzene rings is 3. The van der Waals surface area contributed by atoms with Crippen LogP contribution >= 0.6 is 11.3 Å². The number of carbonyl (C=O) groups is 1. The van der Waals surface area contributed by atoms with E-state index in [9.17, 15) is 4.79 Å². The highest BCUT2D eigenvalue weighted by atomic mass is 32.1. The Labute approximate surface area is 195 Å². The third kappa shape index (κ3) is 4.76. The van der Waals surface area contributed by atoms with Crippen molar-refractivity contribution in [1.29, 1.82) is 0 Å². The largest absolute Gasteiger partial charge is 0.457 e. The zero-order valence-electron chi connectivity index (χ0n) is 18.0. The number of rotatable bonds is 6. The highest BCUT2D eigenvalue weighted by Crippen LogP contribution is 2.32. The van der Waals surface area contributed by atoms with Crippen LogP contribution in [0.4, 0.5) is 5.13 Å². The number of thiazole rings is 1. The van der Waals surface area contributed by atoms with E-state index in [-0.39, 0.29) is 5.91 Å². The lowest BCUT2D eigenvalue weighted by atomic mass is 10.2. The molecule has 3 aromatic carbocycles. The maximum absolute atomic E-state index is 13.7. The summed E-state index contributed by atoms with van der Waals surface area (Å²) in [6, 6.07) is 28.5. The lowest BCUT2D eigenvalue weighted by Crippen LogP contribution is -2.30. The third-order valence-corrected chi connectivity index (χ3v) is 6.16. The topological polar surface area (TPSA) is 55.3 Å². The van der Waals surface area contributed by atoms with E-state index < -0.39 is 0 Å². The summed E-state index contributed by atoms with van der Waals surface area (Å²) in [7, 11) is 0. The van der Waals surface area contributed by atoms with Crippen LogP contribution in [0.5, 0.6) is 11.5 Å². The summed E-state index contributed by atoms with van der Waals surface area (Å²) < 4.78 is 6.98. The van der Waals surface area contributed by atoms with E-state index in [2.05, 4.69) is 11.1 Å². The van der Waals surface area contributed by atoms with E-state index in [0.29, 0.717) is 28.7 Å². The first-order valence-electron chi connectivity index (χ1n) is 10.6. The average molecular weight is 452 g/mol. The fraction of sp³-hybridized carbons (Fsp3) is 0.0741. The van der Waals surface area contributed by atoms with E-state index >= 15 is 0 Å². The lowest BCUT2D eigenvalue weighted by Gasteiger charge is -2.20. The molecule has 1 amide bonds. The van der Waals surface area contributed by atoms with Gasteiger partial charge in [0.05, 0.1) is 22.5 Å².